The molecule has 1 amide bonds. The number of nitrogens with zero attached hydrogens (tertiary/aromatic N) is 2. The third-order valence-electron chi connectivity index (χ3n) is 9.19. The van der Waals surface area contributed by atoms with Crippen LogP contribution in [0.15, 0.2) is 41.8 Å². The van der Waals surface area contributed by atoms with Gasteiger partial charge in [0.15, 0.2) is 0 Å². The summed E-state index contributed by atoms with van der Waals surface area (Å²) in [5.74, 6) is 3.15. The van der Waals surface area contributed by atoms with Gasteiger partial charge in [0.1, 0.15) is 0 Å². The molecule has 0 aliphatic heterocycles. The largest absolute Gasteiger partial charge is 0.271 e. The Morgan fingerprint density at radius 3 is 2.76 bits per heavy atom. The summed E-state index contributed by atoms with van der Waals surface area (Å²) in [4.78, 5) is 16.4. The van der Waals surface area contributed by atoms with E-state index in [0.29, 0.717) is 11.0 Å². The zero-order valence-electron chi connectivity index (χ0n) is 17.7. The molecule has 0 bridgehead atoms. The SMILES string of the molecule is C[C@]12CC=CC[C@@H]1CC[C@@H]1[C@H]3CC/C(=N/NC(=O)c4ccncc4)[C@@]3(C)CC[C@@H]12. The lowest BCUT2D eigenvalue weighted by molar-refractivity contribution is -0.0761. The van der Waals surface area contributed by atoms with Crippen LogP contribution in [0.3, 0.4) is 0 Å². The number of hydrogen-bond donors (Lipinski definition) is 1. The van der Waals surface area contributed by atoms with E-state index in [1.165, 1.54) is 50.7 Å². The molecule has 4 aliphatic carbocycles. The summed E-state index contributed by atoms with van der Waals surface area (Å²) in [6, 6.07) is 3.47. The summed E-state index contributed by atoms with van der Waals surface area (Å²) < 4.78 is 0. The molecule has 29 heavy (non-hydrogen) atoms. The van der Waals surface area contributed by atoms with Crippen molar-refractivity contribution in [2.75, 3.05) is 0 Å². The molecule has 0 unspecified atom stereocenters. The molecule has 0 spiro atoms. The third kappa shape index (κ3) is 2.98. The van der Waals surface area contributed by atoms with E-state index in [4.69, 9.17) is 0 Å². The number of pyridine rings is 1. The summed E-state index contributed by atoms with van der Waals surface area (Å²) in [6.45, 7) is 5.01. The van der Waals surface area contributed by atoms with Crippen LogP contribution < -0.4 is 5.43 Å². The van der Waals surface area contributed by atoms with Crippen molar-refractivity contribution in [2.24, 2.45) is 39.6 Å². The van der Waals surface area contributed by atoms with Gasteiger partial charge in [-0.1, -0.05) is 26.0 Å². The van der Waals surface area contributed by atoms with E-state index in [9.17, 15) is 4.79 Å². The number of hydrazone groups is 1. The minimum atomic E-state index is -0.136. The number of carbonyl (C=O) groups excluding carboxylic acids is 1. The molecule has 1 aromatic rings. The van der Waals surface area contributed by atoms with Crippen LogP contribution in [0.2, 0.25) is 0 Å². The van der Waals surface area contributed by atoms with Gasteiger partial charge in [0.2, 0.25) is 0 Å². The Labute approximate surface area is 174 Å². The maximum atomic E-state index is 12.4. The van der Waals surface area contributed by atoms with Crippen molar-refractivity contribution >= 4 is 11.6 Å². The zero-order chi connectivity index (χ0) is 20.1. The molecule has 6 atom stereocenters. The molecule has 1 N–H and O–H groups in total. The van der Waals surface area contributed by atoms with E-state index in [2.05, 4.69) is 41.5 Å². The molecule has 3 fully saturated rings. The smallest absolute Gasteiger partial charge is 0.267 e. The predicted octanol–water partition coefficient (Wildman–Crippen LogP) is 5.38. The van der Waals surface area contributed by atoms with Crippen molar-refractivity contribution < 1.29 is 4.79 Å². The second-order valence-electron chi connectivity index (χ2n) is 10.3. The summed E-state index contributed by atoms with van der Waals surface area (Å²) in [6.07, 6.45) is 18.3. The molecule has 0 aromatic carbocycles. The predicted molar refractivity (Wildman–Crippen MR) is 115 cm³/mol. The molecule has 4 heteroatoms. The number of allylic oxidation sites excluding steroid dienone is 2. The van der Waals surface area contributed by atoms with Gasteiger partial charge in [0, 0.05) is 29.1 Å². The van der Waals surface area contributed by atoms with Gasteiger partial charge in [-0.05, 0) is 92.6 Å². The average molecular weight is 392 g/mol. The maximum absolute atomic E-state index is 12.4. The number of carbonyl (C=O) groups is 1. The fourth-order valence-corrected chi connectivity index (χ4v) is 7.50. The van der Waals surface area contributed by atoms with Crippen LogP contribution in [-0.4, -0.2) is 16.6 Å². The minimum absolute atomic E-state index is 0.136. The van der Waals surface area contributed by atoms with Gasteiger partial charge >= 0.3 is 0 Å². The summed E-state index contributed by atoms with van der Waals surface area (Å²) in [7, 11) is 0. The summed E-state index contributed by atoms with van der Waals surface area (Å²) >= 11 is 0. The number of aromatic nitrogens is 1. The highest BCUT2D eigenvalue weighted by Crippen LogP contribution is 2.64. The quantitative estimate of drug-likeness (QED) is 0.544. The van der Waals surface area contributed by atoms with Crippen LogP contribution in [-0.2, 0) is 0 Å². The molecule has 4 nitrogen and oxygen atoms in total. The lowest BCUT2D eigenvalue weighted by Gasteiger charge is -2.59. The van der Waals surface area contributed by atoms with E-state index >= 15 is 0 Å². The van der Waals surface area contributed by atoms with Crippen molar-refractivity contribution in [1.29, 1.82) is 0 Å². The van der Waals surface area contributed by atoms with Crippen molar-refractivity contribution in [3.05, 3.63) is 42.2 Å². The Morgan fingerprint density at radius 2 is 1.93 bits per heavy atom. The van der Waals surface area contributed by atoms with Crippen LogP contribution in [0, 0.1) is 34.5 Å². The van der Waals surface area contributed by atoms with Crippen molar-refractivity contribution in [3.8, 4) is 0 Å². The van der Waals surface area contributed by atoms with Crippen LogP contribution in [0.5, 0.6) is 0 Å². The first-order chi connectivity index (χ1) is 14.0. The van der Waals surface area contributed by atoms with Crippen LogP contribution in [0.1, 0.15) is 75.6 Å². The number of nitrogens with one attached hydrogen (secondary N) is 1. The first-order valence-corrected chi connectivity index (χ1v) is 11.4. The van der Waals surface area contributed by atoms with Crippen molar-refractivity contribution in [3.63, 3.8) is 0 Å². The first-order valence-electron chi connectivity index (χ1n) is 11.4. The van der Waals surface area contributed by atoms with Gasteiger partial charge in [-0.25, -0.2) is 5.43 Å². The van der Waals surface area contributed by atoms with Gasteiger partial charge in [0.25, 0.3) is 5.91 Å². The molecule has 1 heterocycles. The van der Waals surface area contributed by atoms with E-state index < -0.39 is 0 Å². The Bertz CT molecular complexity index is 847. The summed E-state index contributed by atoms with van der Waals surface area (Å²) in [5.41, 5.74) is 5.32. The van der Waals surface area contributed by atoms with Gasteiger partial charge < -0.3 is 0 Å². The van der Waals surface area contributed by atoms with Crippen molar-refractivity contribution in [2.45, 2.75) is 65.2 Å². The van der Waals surface area contributed by atoms with Crippen LogP contribution in [0.4, 0.5) is 0 Å². The molecule has 4 aliphatic rings. The van der Waals surface area contributed by atoms with E-state index in [1.807, 2.05) is 0 Å². The average Bonchev–Trinajstić information content (AvgIpc) is 3.08. The van der Waals surface area contributed by atoms with E-state index in [0.717, 1.165) is 30.1 Å². The molecule has 0 radical (unpaired) electrons. The highest BCUT2D eigenvalue weighted by molar-refractivity contribution is 5.97. The van der Waals surface area contributed by atoms with Gasteiger partial charge in [-0.15, -0.1) is 0 Å². The fourth-order valence-electron chi connectivity index (χ4n) is 7.50. The van der Waals surface area contributed by atoms with Gasteiger partial charge in [-0.2, -0.15) is 5.10 Å². The van der Waals surface area contributed by atoms with Crippen LogP contribution in [0.25, 0.3) is 0 Å². The number of hydrogen-bond acceptors (Lipinski definition) is 3. The lowest BCUT2D eigenvalue weighted by Crippen LogP contribution is -2.52. The van der Waals surface area contributed by atoms with E-state index in [-0.39, 0.29) is 11.3 Å². The third-order valence-corrected chi connectivity index (χ3v) is 9.19. The zero-order valence-corrected chi connectivity index (χ0v) is 17.7. The minimum Gasteiger partial charge on any atom is -0.267 e. The fraction of sp³-hybridized carbons (Fsp3) is 0.640. The Kier molecular flexibility index (Phi) is 4.64. The molecule has 0 saturated heterocycles. The second kappa shape index (κ2) is 7.07. The molecule has 154 valence electrons. The van der Waals surface area contributed by atoms with Gasteiger partial charge in [0.05, 0.1) is 0 Å². The highest BCUT2D eigenvalue weighted by atomic mass is 16.2. The van der Waals surface area contributed by atoms with Gasteiger partial charge in [-0.3, -0.25) is 9.78 Å². The number of amides is 1. The standard InChI is InChI=1S/C25H33N3O/c1-24-13-4-3-5-18(24)6-7-19-20-8-9-22(25(20,2)14-10-21(19)24)27-28-23(29)17-11-15-26-16-12-17/h3-4,11-12,15-16,18-21H,5-10,13-14H2,1-2H3,(H,28,29)/b27-22-/t18-,19-,20-,21+,24+,25+/m1/s1. The van der Waals surface area contributed by atoms with Crippen LogP contribution >= 0.6 is 0 Å². The topological polar surface area (TPSA) is 54.4 Å². The molecule has 5 rings (SSSR count). The normalized spacial score (nSPS) is 42.1. The Hall–Kier alpha value is -1.97. The maximum Gasteiger partial charge on any atom is 0.271 e. The van der Waals surface area contributed by atoms with Crippen molar-refractivity contribution in [1.82, 2.24) is 10.4 Å². The molecular weight excluding hydrogens is 358 g/mol. The molecule has 3 saturated carbocycles. The Morgan fingerprint density at radius 1 is 1.10 bits per heavy atom. The monoisotopic (exact) mass is 391 g/mol. The molecule has 1 aromatic heterocycles. The highest BCUT2D eigenvalue weighted by Gasteiger charge is 2.58. The number of rotatable bonds is 2. The summed E-state index contributed by atoms with van der Waals surface area (Å²) in [5, 5.41) is 4.68. The van der Waals surface area contributed by atoms with E-state index in [1.54, 1.807) is 24.5 Å². The number of fused-ring (bicyclic) bond motifs is 5. The lowest BCUT2D eigenvalue weighted by atomic mass is 9.46. The first kappa shape index (κ1) is 19.0. The Balaban J connectivity index is 1.35. The molecular formula is C25H33N3O. The second-order valence-corrected chi connectivity index (χ2v) is 10.3.